The van der Waals surface area contributed by atoms with Crippen molar-refractivity contribution in [2.45, 2.75) is 38.1 Å². The largest absolute Gasteiger partial charge is 0.497 e. The molecule has 0 saturated heterocycles. The summed E-state index contributed by atoms with van der Waals surface area (Å²) < 4.78 is 5.20. The number of nitrogen functional groups attached to an aromatic ring is 1. The van der Waals surface area contributed by atoms with Gasteiger partial charge in [0.05, 0.1) is 18.7 Å². The number of ether oxygens (including phenoxy) is 1. The van der Waals surface area contributed by atoms with Gasteiger partial charge in [-0.25, -0.2) is 0 Å². The summed E-state index contributed by atoms with van der Waals surface area (Å²) in [5, 5.41) is 17.5. The summed E-state index contributed by atoms with van der Waals surface area (Å²) in [6.45, 7) is 0. The third-order valence-corrected chi connectivity index (χ3v) is 5.77. The maximum absolute atomic E-state index is 13.1. The Hall–Kier alpha value is -3.42. The molecule has 156 valence electrons. The Balaban J connectivity index is 1.54. The van der Waals surface area contributed by atoms with E-state index in [-0.39, 0.29) is 11.9 Å². The van der Waals surface area contributed by atoms with Crippen LogP contribution in [-0.2, 0) is 0 Å². The van der Waals surface area contributed by atoms with Gasteiger partial charge in [0.2, 0.25) is 0 Å². The Morgan fingerprint density at radius 3 is 2.50 bits per heavy atom. The van der Waals surface area contributed by atoms with E-state index in [0.29, 0.717) is 23.0 Å². The van der Waals surface area contributed by atoms with Crippen LogP contribution < -0.4 is 15.8 Å². The molecule has 1 aromatic heterocycles. The fourth-order valence-electron chi connectivity index (χ4n) is 4.11. The van der Waals surface area contributed by atoms with Gasteiger partial charge in [0.15, 0.2) is 5.82 Å². The molecule has 1 fully saturated rings. The molecule has 3 aromatic rings. The van der Waals surface area contributed by atoms with E-state index in [1.807, 2.05) is 36.4 Å². The van der Waals surface area contributed by atoms with Gasteiger partial charge in [0, 0.05) is 5.69 Å². The van der Waals surface area contributed by atoms with Gasteiger partial charge < -0.3 is 15.8 Å². The minimum absolute atomic E-state index is 0.228. The lowest BCUT2D eigenvalue weighted by atomic mass is 9.83. The van der Waals surface area contributed by atoms with Crippen LogP contribution in [0.15, 0.2) is 42.5 Å². The zero-order chi connectivity index (χ0) is 20.9. The molecular formula is C22H26N6O2. The van der Waals surface area contributed by atoms with Crippen LogP contribution in [0.1, 0.15) is 54.3 Å². The number of nitrogens with two attached hydrogens (primary N) is 1. The lowest BCUT2D eigenvalue weighted by molar-refractivity contribution is 0.0910. The fraction of sp³-hybridized carbons (Fsp3) is 0.364. The molecule has 0 unspecified atom stereocenters. The second-order valence-electron chi connectivity index (χ2n) is 7.65. The molecule has 1 saturated carbocycles. The van der Waals surface area contributed by atoms with Gasteiger partial charge in [0.25, 0.3) is 5.91 Å². The maximum atomic E-state index is 13.1. The van der Waals surface area contributed by atoms with E-state index >= 15 is 0 Å². The van der Waals surface area contributed by atoms with Gasteiger partial charge in [-0.3, -0.25) is 4.79 Å². The van der Waals surface area contributed by atoms with Gasteiger partial charge in [-0.2, -0.15) is 5.21 Å². The van der Waals surface area contributed by atoms with Crippen molar-refractivity contribution in [3.05, 3.63) is 53.9 Å². The topological polar surface area (TPSA) is 119 Å². The quantitative estimate of drug-likeness (QED) is 0.539. The van der Waals surface area contributed by atoms with E-state index in [2.05, 4.69) is 25.9 Å². The number of tetrazole rings is 1. The summed E-state index contributed by atoms with van der Waals surface area (Å²) >= 11 is 0. The average Bonchev–Trinajstić information content (AvgIpc) is 3.32. The molecule has 30 heavy (non-hydrogen) atoms. The molecule has 2 aromatic carbocycles. The lowest BCUT2D eigenvalue weighted by Crippen LogP contribution is -2.35. The third-order valence-electron chi connectivity index (χ3n) is 5.77. The van der Waals surface area contributed by atoms with E-state index in [0.717, 1.165) is 42.6 Å². The number of H-pyrrole nitrogens is 1. The van der Waals surface area contributed by atoms with Crippen LogP contribution in [0, 0.1) is 5.92 Å². The molecule has 8 nitrogen and oxygen atoms in total. The van der Waals surface area contributed by atoms with Crippen LogP contribution in [-0.4, -0.2) is 33.6 Å². The maximum Gasteiger partial charge on any atom is 0.253 e. The second-order valence-corrected chi connectivity index (χ2v) is 7.65. The Morgan fingerprint density at radius 1 is 1.13 bits per heavy atom. The highest BCUT2D eigenvalue weighted by Crippen LogP contribution is 2.33. The summed E-state index contributed by atoms with van der Waals surface area (Å²) in [5.74, 6) is 1.37. The van der Waals surface area contributed by atoms with Crippen molar-refractivity contribution in [1.82, 2.24) is 25.9 Å². The van der Waals surface area contributed by atoms with E-state index < -0.39 is 0 Å². The van der Waals surface area contributed by atoms with Gasteiger partial charge in [-0.1, -0.05) is 42.7 Å². The highest BCUT2D eigenvalue weighted by molar-refractivity contribution is 6.00. The number of aromatic amines is 1. The molecule has 4 rings (SSSR count). The molecule has 1 aliphatic rings. The van der Waals surface area contributed by atoms with Crippen LogP contribution in [0.25, 0.3) is 11.1 Å². The molecule has 0 bridgehead atoms. The van der Waals surface area contributed by atoms with E-state index in [1.165, 1.54) is 6.42 Å². The minimum atomic E-state index is -0.280. The standard InChI is InChI=1S/C22H26N6O2/c1-30-17-10-7-14(8-11-17)16-9-12-18(19(23)13-16)22(29)24-20(21-25-27-28-26-21)15-5-3-2-4-6-15/h7-13,15,20H,2-6,23H2,1H3,(H,24,29)(H,25,26,27,28)/t20-/m0/s1. The summed E-state index contributed by atoms with van der Waals surface area (Å²) in [4.78, 5) is 13.1. The number of methoxy groups -OCH3 is 1. The molecular weight excluding hydrogens is 380 g/mol. The zero-order valence-corrected chi connectivity index (χ0v) is 17.0. The molecule has 0 aliphatic heterocycles. The van der Waals surface area contributed by atoms with Crippen molar-refractivity contribution in [3.63, 3.8) is 0 Å². The summed E-state index contributed by atoms with van der Waals surface area (Å²) in [5.41, 5.74) is 9.06. The van der Waals surface area contributed by atoms with Crippen molar-refractivity contribution in [2.75, 3.05) is 12.8 Å². The molecule has 1 atom stereocenters. The highest BCUT2D eigenvalue weighted by atomic mass is 16.5. The van der Waals surface area contributed by atoms with Crippen LogP contribution in [0.2, 0.25) is 0 Å². The number of amides is 1. The summed E-state index contributed by atoms with van der Waals surface area (Å²) in [7, 11) is 1.63. The Labute approximate surface area is 175 Å². The smallest absolute Gasteiger partial charge is 0.253 e. The number of anilines is 1. The Bertz CT molecular complexity index is 981. The Morgan fingerprint density at radius 2 is 1.87 bits per heavy atom. The average molecular weight is 406 g/mol. The highest BCUT2D eigenvalue weighted by Gasteiger charge is 2.30. The SMILES string of the molecule is COc1ccc(-c2ccc(C(=O)N[C@H](c3nn[nH]n3)C3CCCCC3)c(N)c2)cc1. The number of aromatic nitrogens is 4. The van der Waals surface area contributed by atoms with Gasteiger partial charge >= 0.3 is 0 Å². The third kappa shape index (κ3) is 4.27. The van der Waals surface area contributed by atoms with Crippen LogP contribution in [0.5, 0.6) is 5.75 Å². The predicted molar refractivity (Wildman–Crippen MR) is 114 cm³/mol. The van der Waals surface area contributed by atoms with Crippen molar-refractivity contribution in [1.29, 1.82) is 0 Å². The number of nitrogens with zero attached hydrogens (tertiary/aromatic N) is 3. The number of hydrogen-bond acceptors (Lipinski definition) is 6. The summed E-state index contributed by atoms with van der Waals surface area (Å²) in [6.07, 6.45) is 5.58. The van der Waals surface area contributed by atoms with E-state index in [4.69, 9.17) is 10.5 Å². The van der Waals surface area contributed by atoms with Crippen molar-refractivity contribution in [2.24, 2.45) is 5.92 Å². The van der Waals surface area contributed by atoms with Crippen LogP contribution in [0.3, 0.4) is 0 Å². The number of benzene rings is 2. The van der Waals surface area contributed by atoms with E-state index in [9.17, 15) is 4.79 Å². The number of rotatable bonds is 6. The molecule has 1 amide bonds. The number of nitrogens with one attached hydrogen (secondary N) is 2. The first-order valence-corrected chi connectivity index (χ1v) is 10.2. The lowest BCUT2D eigenvalue weighted by Gasteiger charge is -2.29. The normalized spacial score (nSPS) is 15.5. The van der Waals surface area contributed by atoms with Crippen molar-refractivity contribution < 1.29 is 9.53 Å². The molecule has 0 spiro atoms. The molecule has 8 heteroatoms. The minimum Gasteiger partial charge on any atom is -0.497 e. The first-order valence-electron chi connectivity index (χ1n) is 10.2. The molecule has 0 radical (unpaired) electrons. The monoisotopic (exact) mass is 406 g/mol. The number of carbonyl (C=O) groups excluding carboxylic acids is 1. The number of carbonyl (C=O) groups is 1. The van der Waals surface area contributed by atoms with Gasteiger partial charge in [0.1, 0.15) is 5.75 Å². The van der Waals surface area contributed by atoms with E-state index in [1.54, 1.807) is 13.2 Å². The molecule has 1 heterocycles. The number of hydrogen-bond donors (Lipinski definition) is 3. The molecule has 4 N–H and O–H groups in total. The zero-order valence-electron chi connectivity index (χ0n) is 17.0. The first kappa shape index (κ1) is 19.9. The second kappa shape index (κ2) is 8.94. The first-order chi connectivity index (χ1) is 14.7. The summed E-state index contributed by atoms with van der Waals surface area (Å²) in [6, 6.07) is 12.9. The van der Waals surface area contributed by atoms with Crippen molar-refractivity contribution >= 4 is 11.6 Å². The van der Waals surface area contributed by atoms with Gasteiger partial charge in [-0.05, 0) is 54.2 Å². The van der Waals surface area contributed by atoms with Crippen LogP contribution >= 0.6 is 0 Å². The fourth-order valence-corrected chi connectivity index (χ4v) is 4.11. The van der Waals surface area contributed by atoms with Gasteiger partial charge in [-0.15, -0.1) is 10.2 Å². The molecule has 1 aliphatic carbocycles. The van der Waals surface area contributed by atoms with Crippen molar-refractivity contribution in [3.8, 4) is 16.9 Å². The van der Waals surface area contributed by atoms with Crippen LogP contribution in [0.4, 0.5) is 5.69 Å². The predicted octanol–water partition coefficient (Wildman–Crippen LogP) is 3.51. The Kier molecular flexibility index (Phi) is 5.92.